The Hall–Kier alpha value is -1.41. The summed E-state index contributed by atoms with van der Waals surface area (Å²) >= 11 is 9.36. The lowest BCUT2D eigenvalue weighted by Crippen LogP contribution is -2.29. The summed E-state index contributed by atoms with van der Waals surface area (Å²) in [6.07, 6.45) is 1.72. The van der Waals surface area contributed by atoms with Crippen molar-refractivity contribution in [3.05, 3.63) is 63.1 Å². The molecule has 1 heterocycles. The highest BCUT2D eigenvalue weighted by Gasteiger charge is 2.28. The molecule has 0 saturated carbocycles. The molecule has 1 saturated heterocycles. The van der Waals surface area contributed by atoms with Crippen molar-refractivity contribution in [2.75, 3.05) is 13.1 Å². The van der Waals surface area contributed by atoms with Gasteiger partial charge in [0.2, 0.25) is 10.0 Å². The fraction of sp³-hybridized carbons (Fsp3) is 0.316. The van der Waals surface area contributed by atoms with Gasteiger partial charge in [-0.15, -0.1) is 0 Å². The van der Waals surface area contributed by atoms with Crippen molar-refractivity contribution in [2.45, 2.75) is 30.7 Å². The van der Waals surface area contributed by atoms with Crippen molar-refractivity contribution < 1.29 is 13.2 Å². The molecule has 1 atom stereocenters. The fourth-order valence-electron chi connectivity index (χ4n) is 3.05. The van der Waals surface area contributed by atoms with E-state index in [0.717, 1.165) is 18.4 Å². The number of rotatable bonds is 5. The molecular weight excluding hydrogens is 452 g/mol. The third kappa shape index (κ3) is 4.54. The number of carbonyl (C=O) groups excluding carboxylic acids is 1. The van der Waals surface area contributed by atoms with E-state index in [1.54, 1.807) is 18.2 Å². The maximum Gasteiger partial charge on any atom is 0.252 e. The summed E-state index contributed by atoms with van der Waals surface area (Å²) in [5.41, 5.74) is 1.15. The number of carbonyl (C=O) groups is 1. The van der Waals surface area contributed by atoms with Gasteiger partial charge < -0.3 is 5.32 Å². The van der Waals surface area contributed by atoms with Crippen molar-refractivity contribution in [1.82, 2.24) is 9.62 Å². The maximum atomic E-state index is 12.8. The van der Waals surface area contributed by atoms with Crippen LogP contribution in [0.3, 0.4) is 0 Å². The molecule has 144 valence electrons. The number of hydrogen-bond donors (Lipinski definition) is 1. The maximum absolute atomic E-state index is 12.8. The summed E-state index contributed by atoms with van der Waals surface area (Å²) in [4.78, 5) is 12.9. The molecule has 0 spiro atoms. The Morgan fingerprint density at radius 2 is 1.89 bits per heavy atom. The molecule has 0 aliphatic carbocycles. The number of nitrogens with zero attached hydrogens (tertiary/aromatic N) is 1. The van der Waals surface area contributed by atoms with E-state index in [4.69, 9.17) is 11.6 Å². The molecule has 0 aromatic heterocycles. The molecule has 5 nitrogen and oxygen atoms in total. The standard InChI is InChI=1S/C19H20BrClN2O3S/c1-13(14-5-4-6-15(21)11-14)22-19(24)17-12-16(7-8-18(17)20)27(25,26)23-9-2-3-10-23/h4-8,11-13H,2-3,9-10H2,1H3,(H,22,24). The molecule has 1 amide bonds. The molecule has 2 aromatic rings. The minimum atomic E-state index is -3.58. The van der Waals surface area contributed by atoms with Crippen LogP contribution < -0.4 is 5.32 Å². The summed E-state index contributed by atoms with van der Waals surface area (Å²) in [7, 11) is -3.58. The van der Waals surface area contributed by atoms with Crippen LogP contribution in [0.4, 0.5) is 0 Å². The first-order valence-electron chi connectivity index (χ1n) is 8.65. The predicted octanol–water partition coefficient (Wildman–Crippen LogP) is 4.38. The molecule has 1 aliphatic rings. The average Bonchev–Trinajstić information content (AvgIpc) is 3.17. The van der Waals surface area contributed by atoms with Crippen LogP contribution in [-0.2, 0) is 10.0 Å². The van der Waals surface area contributed by atoms with Crippen LogP contribution in [0, 0.1) is 0 Å². The van der Waals surface area contributed by atoms with E-state index in [1.807, 2.05) is 19.1 Å². The summed E-state index contributed by atoms with van der Waals surface area (Å²) in [6, 6.07) is 11.5. The van der Waals surface area contributed by atoms with E-state index in [-0.39, 0.29) is 22.4 Å². The normalized spacial score (nSPS) is 16.3. The fourth-order valence-corrected chi connectivity index (χ4v) is 5.22. The Balaban J connectivity index is 1.84. The Bertz CT molecular complexity index is 959. The van der Waals surface area contributed by atoms with Crippen LogP contribution in [-0.4, -0.2) is 31.7 Å². The molecule has 2 aromatic carbocycles. The van der Waals surface area contributed by atoms with Crippen molar-refractivity contribution in [2.24, 2.45) is 0 Å². The van der Waals surface area contributed by atoms with Gasteiger partial charge in [-0.2, -0.15) is 4.31 Å². The Morgan fingerprint density at radius 3 is 2.56 bits per heavy atom. The van der Waals surface area contributed by atoms with Gasteiger partial charge in [-0.25, -0.2) is 8.42 Å². The first-order chi connectivity index (χ1) is 12.8. The zero-order chi connectivity index (χ0) is 19.6. The van der Waals surface area contributed by atoms with E-state index in [0.29, 0.717) is 22.6 Å². The first-order valence-corrected chi connectivity index (χ1v) is 11.3. The molecule has 1 N–H and O–H groups in total. The van der Waals surface area contributed by atoms with Gasteiger partial charge in [0.15, 0.2) is 0 Å². The molecule has 0 bridgehead atoms. The lowest BCUT2D eigenvalue weighted by atomic mass is 10.1. The van der Waals surface area contributed by atoms with Crippen LogP contribution in [0.5, 0.6) is 0 Å². The van der Waals surface area contributed by atoms with Gasteiger partial charge in [-0.3, -0.25) is 4.79 Å². The average molecular weight is 472 g/mol. The van der Waals surface area contributed by atoms with E-state index < -0.39 is 10.0 Å². The molecule has 3 rings (SSSR count). The lowest BCUT2D eigenvalue weighted by Gasteiger charge is -2.18. The topological polar surface area (TPSA) is 66.5 Å². The number of nitrogens with one attached hydrogen (secondary N) is 1. The number of halogens is 2. The van der Waals surface area contributed by atoms with Crippen molar-refractivity contribution >= 4 is 43.5 Å². The van der Waals surface area contributed by atoms with Gasteiger partial charge in [0.25, 0.3) is 5.91 Å². The van der Waals surface area contributed by atoms with Crippen molar-refractivity contribution in [3.63, 3.8) is 0 Å². The zero-order valence-electron chi connectivity index (χ0n) is 14.8. The molecule has 1 aliphatic heterocycles. The van der Waals surface area contributed by atoms with E-state index >= 15 is 0 Å². The van der Waals surface area contributed by atoms with Crippen molar-refractivity contribution in [3.8, 4) is 0 Å². The second-order valence-corrected chi connectivity index (χ2v) is 9.73. The Labute approximate surface area is 172 Å². The van der Waals surface area contributed by atoms with Crippen LogP contribution in [0.25, 0.3) is 0 Å². The molecular formula is C19H20BrClN2O3S. The highest BCUT2D eigenvalue weighted by Crippen LogP contribution is 2.26. The van der Waals surface area contributed by atoms with Gasteiger partial charge >= 0.3 is 0 Å². The summed E-state index contributed by atoms with van der Waals surface area (Å²) in [5.74, 6) is -0.354. The largest absolute Gasteiger partial charge is 0.345 e. The second-order valence-electron chi connectivity index (χ2n) is 6.50. The molecule has 1 fully saturated rings. The lowest BCUT2D eigenvalue weighted by molar-refractivity contribution is 0.0939. The van der Waals surface area contributed by atoms with Gasteiger partial charge in [0.1, 0.15) is 0 Å². The number of sulfonamides is 1. The smallest absolute Gasteiger partial charge is 0.252 e. The molecule has 27 heavy (non-hydrogen) atoms. The van der Waals surface area contributed by atoms with Gasteiger partial charge in [0.05, 0.1) is 16.5 Å². The third-order valence-corrected chi connectivity index (χ3v) is 7.40. The van der Waals surface area contributed by atoms with E-state index in [2.05, 4.69) is 21.2 Å². The van der Waals surface area contributed by atoms with Gasteiger partial charge in [0, 0.05) is 22.6 Å². The molecule has 8 heteroatoms. The number of benzene rings is 2. The zero-order valence-corrected chi connectivity index (χ0v) is 17.9. The minimum Gasteiger partial charge on any atom is -0.345 e. The van der Waals surface area contributed by atoms with E-state index in [1.165, 1.54) is 16.4 Å². The van der Waals surface area contributed by atoms with Crippen LogP contribution >= 0.6 is 27.5 Å². The number of hydrogen-bond acceptors (Lipinski definition) is 3. The van der Waals surface area contributed by atoms with E-state index in [9.17, 15) is 13.2 Å². The second kappa shape index (κ2) is 8.31. The minimum absolute atomic E-state index is 0.133. The Morgan fingerprint density at radius 1 is 1.19 bits per heavy atom. The predicted molar refractivity (Wildman–Crippen MR) is 109 cm³/mol. The van der Waals surface area contributed by atoms with Crippen LogP contribution in [0.15, 0.2) is 51.8 Å². The highest BCUT2D eigenvalue weighted by atomic mass is 79.9. The SMILES string of the molecule is CC(NC(=O)c1cc(S(=O)(=O)N2CCCC2)ccc1Br)c1cccc(Cl)c1. The Kier molecular flexibility index (Phi) is 6.25. The van der Waals surface area contributed by atoms with Crippen LogP contribution in [0.1, 0.15) is 41.7 Å². The highest BCUT2D eigenvalue weighted by molar-refractivity contribution is 9.10. The summed E-state index contributed by atoms with van der Waals surface area (Å²) < 4.78 is 27.5. The summed E-state index contributed by atoms with van der Waals surface area (Å²) in [6.45, 7) is 2.89. The van der Waals surface area contributed by atoms with Gasteiger partial charge in [-0.05, 0) is 71.6 Å². The quantitative estimate of drug-likeness (QED) is 0.704. The summed E-state index contributed by atoms with van der Waals surface area (Å²) in [5, 5.41) is 3.48. The number of amides is 1. The molecule has 1 unspecified atom stereocenters. The van der Waals surface area contributed by atoms with Gasteiger partial charge in [-0.1, -0.05) is 23.7 Å². The molecule has 0 radical (unpaired) electrons. The monoisotopic (exact) mass is 470 g/mol. The third-order valence-electron chi connectivity index (χ3n) is 4.58. The first kappa shape index (κ1) is 20.3. The van der Waals surface area contributed by atoms with Crippen molar-refractivity contribution in [1.29, 1.82) is 0 Å². The van der Waals surface area contributed by atoms with Crippen LogP contribution in [0.2, 0.25) is 5.02 Å².